The number of Topliss-reactive ketones (excluding diaryl/α,β-unsaturated/α-hetero) is 1. The van der Waals surface area contributed by atoms with Crippen LogP contribution in [0.5, 0.6) is 0 Å². The minimum absolute atomic E-state index is 0.153. The third-order valence-electron chi connectivity index (χ3n) is 4.02. The first-order valence-electron chi connectivity index (χ1n) is 7.49. The number of rotatable bonds is 3. The fourth-order valence-corrected chi connectivity index (χ4v) is 2.99. The third kappa shape index (κ3) is 2.22. The Hall–Kier alpha value is -2.43. The minimum Gasteiger partial charge on any atom is -0.465 e. The van der Waals surface area contributed by atoms with Crippen molar-refractivity contribution in [1.82, 2.24) is 9.78 Å². The number of aryl methyl sites for hydroxylation is 1. The van der Waals surface area contributed by atoms with Crippen LogP contribution in [0.2, 0.25) is 0 Å². The van der Waals surface area contributed by atoms with Gasteiger partial charge in [-0.05, 0) is 31.4 Å². The van der Waals surface area contributed by atoms with Crippen LogP contribution in [0.1, 0.15) is 51.9 Å². The predicted molar refractivity (Wildman–Crippen MR) is 81.6 cm³/mol. The first kappa shape index (κ1) is 14.5. The number of hydrogen-bond acceptors (Lipinski definition) is 4. The Bertz CT molecular complexity index is 746. The van der Waals surface area contributed by atoms with Gasteiger partial charge in [-0.1, -0.05) is 19.1 Å². The van der Waals surface area contributed by atoms with Gasteiger partial charge >= 0.3 is 5.97 Å². The highest BCUT2D eigenvalue weighted by Gasteiger charge is 2.28. The van der Waals surface area contributed by atoms with Crippen molar-refractivity contribution in [2.24, 2.45) is 0 Å². The van der Waals surface area contributed by atoms with E-state index in [2.05, 4.69) is 5.10 Å². The van der Waals surface area contributed by atoms with E-state index >= 15 is 0 Å². The highest BCUT2D eigenvalue weighted by Crippen LogP contribution is 2.28. The van der Waals surface area contributed by atoms with Gasteiger partial charge in [0.05, 0.1) is 35.3 Å². The molecule has 0 fully saturated rings. The number of benzene rings is 1. The van der Waals surface area contributed by atoms with Crippen LogP contribution in [0.3, 0.4) is 0 Å². The second-order valence-corrected chi connectivity index (χ2v) is 5.32. The molecule has 0 saturated carbocycles. The molecule has 0 spiro atoms. The number of hydrogen-bond donors (Lipinski definition) is 0. The first-order valence-corrected chi connectivity index (χ1v) is 7.49. The highest BCUT2D eigenvalue weighted by molar-refractivity contribution is 5.99. The fraction of sp³-hybridized carbons (Fsp3) is 0.353. The molecule has 0 aliphatic heterocycles. The molecular formula is C17H18N2O3. The molecular weight excluding hydrogens is 280 g/mol. The zero-order valence-electron chi connectivity index (χ0n) is 12.8. The molecule has 0 amide bonds. The third-order valence-corrected chi connectivity index (χ3v) is 4.02. The second-order valence-electron chi connectivity index (χ2n) is 5.32. The lowest BCUT2D eigenvalue weighted by Crippen LogP contribution is -2.15. The number of nitrogens with zero attached hydrogens (tertiary/aromatic N) is 2. The van der Waals surface area contributed by atoms with E-state index in [4.69, 9.17) is 4.74 Å². The van der Waals surface area contributed by atoms with E-state index in [0.29, 0.717) is 24.1 Å². The predicted octanol–water partition coefficient (Wildman–Crippen LogP) is 2.74. The lowest BCUT2D eigenvalue weighted by Gasteiger charge is -2.15. The van der Waals surface area contributed by atoms with E-state index in [-0.39, 0.29) is 5.78 Å². The number of methoxy groups -OCH3 is 1. The molecule has 5 nitrogen and oxygen atoms in total. The quantitative estimate of drug-likeness (QED) is 0.817. The van der Waals surface area contributed by atoms with Crippen LogP contribution in [0.25, 0.3) is 5.69 Å². The van der Waals surface area contributed by atoms with Crippen LogP contribution >= 0.6 is 0 Å². The average Bonchev–Trinajstić information content (AvgIpc) is 2.94. The van der Waals surface area contributed by atoms with E-state index in [1.807, 2.05) is 19.1 Å². The van der Waals surface area contributed by atoms with Gasteiger partial charge in [-0.2, -0.15) is 5.10 Å². The molecule has 22 heavy (non-hydrogen) atoms. The van der Waals surface area contributed by atoms with Gasteiger partial charge in [0.2, 0.25) is 0 Å². The van der Waals surface area contributed by atoms with Crippen LogP contribution in [0, 0.1) is 0 Å². The van der Waals surface area contributed by atoms with Crippen LogP contribution in [-0.2, 0) is 17.6 Å². The Morgan fingerprint density at radius 1 is 1.32 bits per heavy atom. The average molecular weight is 298 g/mol. The summed E-state index contributed by atoms with van der Waals surface area (Å²) in [5.41, 5.74) is 3.58. The number of fused-ring (bicyclic) bond motifs is 1. The molecule has 2 aromatic rings. The summed E-state index contributed by atoms with van der Waals surface area (Å²) >= 11 is 0. The van der Waals surface area contributed by atoms with Crippen LogP contribution < -0.4 is 0 Å². The number of carbonyl (C=O) groups excluding carboxylic acids is 2. The smallest absolute Gasteiger partial charge is 0.340 e. The lowest BCUT2D eigenvalue weighted by atomic mass is 9.93. The molecule has 3 rings (SSSR count). The summed E-state index contributed by atoms with van der Waals surface area (Å²) in [6, 6.07) is 7.19. The van der Waals surface area contributed by atoms with Crippen molar-refractivity contribution in [3.63, 3.8) is 0 Å². The maximum Gasteiger partial charge on any atom is 0.340 e. The van der Waals surface area contributed by atoms with E-state index in [9.17, 15) is 9.59 Å². The van der Waals surface area contributed by atoms with Crippen molar-refractivity contribution < 1.29 is 14.3 Å². The monoisotopic (exact) mass is 298 g/mol. The number of carbonyl (C=O) groups is 2. The molecule has 0 N–H and O–H groups in total. The van der Waals surface area contributed by atoms with Crippen molar-refractivity contribution in [2.75, 3.05) is 7.11 Å². The van der Waals surface area contributed by atoms with Gasteiger partial charge in [0.15, 0.2) is 5.78 Å². The molecule has 0 unspecified atom stereocenters. The topological polar surface area (TPSA) is 61.2 Å². The number of para-hydroxylation sites is 1. The summed E-state index contributed by atoms with van der Waals surface area (Å²) in [7, 11) is 1.36. The van der Waals surface area contributed by atoms with Gasteiger partial charge in [0, 0.05) is 6.42 Å². The molecule has 1 aliphatic carbocycles. The molecule has 1 aliphatic rings. The van der Waals surface area contributed by atoms with Crippen molar-refractivity contribution in [3.05, 3.63) is 46.8 Å². The molecule has 0 atom stereocenters. The molecule has 0 saturated heterocycles. The largest absolute Gasteiger partial charge is 0.465 e. The Morgan fingerprint density at radius 3 is 2.82 bits per heavy atom. The Balaban J connectivity index is 2.22. The highest BCUT2D eigenvalue weighted by atomic mass is 16.5. The normalized spacial score (nSPS) is 13.8. The van der Waals surface area contributed by atoms with Gasteiger partial charge in [-0.25, -0.2) is 9.48 Å². The maximum atomic E-state index is 12.2. The molecule has 114 valence electrons. The van der Waals surface area contributed by atoms with Gasteiger partial charge in [0.25, 0.3) is 0 Å². The summed E-state index contributed by atoms with van der Waals surface area (Å²) in [5.74, 6) is -0.250. The number of ketones is 1. The summed E-state index contributed by atoms with van der Waals surface area (Å²) < 4.78 is 6.60. The SMILES string of the molecule is CCc1nn(-c2ccccc2C(=O)OC)c2c1C(=O)CCC2. The van der Waals surface area contributed by atoms with Gasteiger partial charge < -0.3 is 4.74 Å². The Kier molecular flexibility index (Phi) is 3.79. The molecule has 0 radical (unpaired) electrons. The molecule has 5 heteroatoms. The van der Waals surface area contributed by atoms with E-state index < -0.39 is 5.97 Å². The number of esters is 1. The molecule has 1 aromatic carbocycles. The lowest BCUT2D eigenvalue weighted by molar-refractivity contribution is 0.0600. The summed E-state index contributed by atoms with van der Waals surface area (Å²) in [4.78, 5) is 24.2. The van der Waals surface area contributed by atoms with Crippen molar-refractivity contribution in [3.8, 4) is 5.69 Å². The molecule has 1 aromatic heterocycles. The summed E-state index contributed by atoms with van der Waals surface area (Å²) in [6.45, 7) is 1.99. The zero-order valence-corrected chi connectivity index (χ0v) is 12.8. The van der Waals surface area contributed by atoms with Crippen molar-refractivity contribution >= 4 is 11.8 Å². The fourth-order valence-electron chi connectivity index (χ4n) is 2.99. The summed E-state index contributed by atoms with van der Waals surface area (Å²) in [6.07, 6.45) is 2.89. The van der Waals surface area contributed by atoms with E-state index in [1.165, 1.54) is 7.11 Å². The van der Waals surface area contributed by atoms with Crippen molar-refractivity contribution in [1.29, 1.82) is 0 Å². The summed E-state index contributed by atoms with van der Waals surface area (Å²) in [5, 5.41) is 4.60. The van der Waals surface area contributed by atoms with Gasteiger partial charge in [-0.15, -0.1) is 0 Å². The van der Waals surface area contributed by atoms with Gasteiger partial charge in [-0.3, -0.25) is 4.79 Å². The Morgan fingerprint density at radius 2 is 2.09 bits per heavy atom. The minimum atomic E-state index is -0.403. The molecule has 1 heterocycles. The van der Waals surface area contributed by atoms with E-state index in [0.717, 1.165) is 29.8 Å². The van der Waals surface area contributed by atoms with Crippen LogP contribution in [0.15, 0.2) is 24.3 Å². The van der Waals surface area contributed by atoms with Crippen LogP contribution in [0.4, 0.5) is 0 Å². The van der Waals surface area contributed by atoms with Crippen molar-refractivity contribution in [2.45, 2.75) is 32.6 Å². The zero-order chi connectivity index (χ0) is 15.7. The van der Waals surface area contributed by atoms with E-state index in [1.54, 1.807) is 16.8 Å². The Labute approximate surface area is 128 Å². The number of ether oxygens (including phenoxy) is 1. The van der Waals surface area contributed by atoms with Gasteiger partial charge in [0.1, 0.15) is 0 Å². The standard InChI is InChI=1S/C17H18N2O3/c1-3-12-16-14(9-6-10-15(16)20)19(18-12)13-8-5-4-7-11(13)17(21)22-2/h4-5,7-8H,3,6,9-10H2,1-2H3. The first-order chi connectivity index (χ1) is 10.7. The second kappa shape index (κ2) is 5.75. The molecule has 0 bridgehead atoms. The number of aromatic nitrogens is 2. The van der Waals surface area contributed by atoms with Crippen LogP contribution in [-0.4, -0.2) is 28.6 Å². The maximum absolute atomic E-state index is 12.2.